The summed E-state index contributed by atoms with van der Waals surface area (Å²) in [5, 5.41) is 19.7. The lowest BCUT2D eigenvalue weighted by atomic mass is 10.0. The van der Waals surface area contributed by atoms with E-state index < -0.39 is 17.9 Å². The number of aliphatic hydroxyl groups excluding tert-OH is 1. The Morgan fingerprint density at radius 3 is 2.33 bits per heavy atom. The first-order valence-electron chi connectivity index (χ1n) is 4.57. The fourth-order valence-corrected chi connectivity index (χ4v) is 1.18. The van der Waals surface area contributed by atoms with Gasteiger partial charge in [0.2, 0.25) is 0 Å². The van der Waals surface area contributed by atoms with Crippen LogP contribution >= 0.6 is 0 Å². The van der Waals surface area contributed by atoms with Gasteiger partial charge in [0.25, 0.3) is 0 Å². The minimum absolute atomic E-state index is 0.210. The third-order valence-corrected chi connectivity index (χ3v) is 2.00. The van der Waals surface area contributed by atoms with Crippen molar-refractivity contribution in [3.05, 3.63) is 35.9 Å². The van der Waals surface area contributed by atoms with Gasteiger partial charge in [0, 0.05) is 12.4 Å². The molecular formula is C11H11O4-. The molecule has 0 saturated carbocycles. The first-order chi connectivity index (χ1) is 7.11. The molecule has 0 aromatic heterocycles. The smallest absolute Gasteiger partial charge is 0.166 e. The molecule has 1 aromatic rings. The summed E-state index contributed by atoms with van der Waals surface area (Å²) in [6, 6.07) is 8.39. The number of aliphatic hydroxyl groups is 1. The normalized spacial score (nSPS) is 12.1. The highest BCUT2D eigenvalue weighted by molar-refractivity contribution is 5.86. The molecule has 0 radical (unpaired) electrons. The molecule has 0 aliphatic heterocycles. The number of benzene rings is 1. The maximum Gasteiger partial charge on any atom is 0.166 e. The molecule has 4 heteroatoms. The van der Waals surface area contributed by atoms with Crippen LogP contribution in [0.25, 0.3) is 0 Å². The minimum atomic E-state index is -1.29. The lowest BCUT2D eigenvalue weighted by Gasteiger charge is -2.09. The number of aliphatic carboxylic acids is 1. The predicted molar refractivity (Wildman–Crippen MR) is 50.6 cm³/mol. The van der Waals surface area contributed by atoms with Crippen molar-refractivity contribution in [2.24, 2.45) is 0 Å². The summed E-state index contributed by atoms with van der Waals surface area (Å²) in [6.45, 7) is 0. The van der Waals surface area contributed by atoms with Gasteiger partial charge in [0.15, 0.2) is 5.78 Å². The summed E-state index contributed by atoms with van der Waals surface area (Å²) < 4.78 is 0. The number of hydrogen-bond donors (Lipinski definition) is 1. The van der Waals surface area contributed by atoms with Crippen molar-refractivity contribution >= 4 is 11.8 Å². The van der Waals surface area contributed by atoms with Crippen LogP contribution in [0.4, 0.5) is 0 Å². The van der Waals surface area contributed by atoms with Crippen LogP contribution in [0.1, 0.15) is 24.5 Å². The molecule has 1 N–H and O–H groups in total. The van der Waals surface area contributed by atoms with E-state index in [2.05, 4.69) is 0 Å². The average Bonchev–Trinajstić information content (AvgIpc) is 2.26. The van der Waals surface area contributed by atoms with Crippen LogP contribution in [0.5, 0.6) is 0 Å². The zero-order valence-corrected chi connectivity index (χ0v) is 8.05. The molecule has 0 unspecified atom stereocenters. The van der Waals surface area contributed by atoms with Crippen LogP contribution in [0.2, 0.25) is 0 Å². The highest BCUT2D eigenvalue weighted by atomic mass is 16.4. The number of hydrogen-bond acceptors (Lipinski definition) is 4. The van der Waals surface area contributed by atoms with E-state index in [9.17, 15) is 19.8 Å². The molecule has 1 atom stereocenters. The van der Waals surface area contributed by atoms with Gasteiger partial charge >= 0.3 is 0 Å². The second-order valence-electron chi connectivity index (χ2n) is 3.15. The average molecular weight is 207 g/mol. The number of Topliss-reactive ketones (excluding diaryl/α,β-unsaturated/α-hetero) is 1. The van der Waals surface area contributed by atoms with Gasteiger partial charge in [-0.25, -0.2) is 0 Å². The monoisotopic (exact) mass is 207 g/mol. The number of ketones is 1. The second kappa shape index (κ2) is 5.26. The van der Waals surface area contributed by atoms with Crippen molar-refractivity contribution in [2.75, 3.05) is 0 Å². The van der Waals surface area contributed by atoms with Crippen LogP contribution in [0.3, 0.4) is 0 Å². The van der Waals surface area contributed by atoms with E-state index in [0.717, 1.165) is 0 Å². The fourth-order valence-electron chi connectivity index (χ4n) is 1.18. The SMILES string of the molecule is O=C([O-])CCC(=O)[C@H](O)c1ccccc1. The Labute approximate surface area is 87.2 Å². The van der Waals surface area contributed by atoms with Crippen molar-refractivity contribution < 1.29 is 19.8 Å². The van der Waals surface area contributed by atoms with E-state index in [4.69, 9.17) is 0 Å². The fraction of sp³-hybridized carbons (Fsp3) is 0.273. The molecule has 0 bridgehead atoms. The zero-order valence-electron chi connectivity index (χ0n) is 8.05. The van der Waals surface area contributed by atoms with Crippen LogP contribution in [0, 0.1) is 0 Å². The summed E-state index contributed by atoms with van der Waals surface area (Å²) in [7, 11) is 0. The van der Waals surface area contributed by atoms with E-state index in [1.54, 1.807) is 30.3 Å². The van der Waals surface area contributed by atoms with Gasteiger partial charge in [-0.15, -0.1) is 0 Å². The lowest BCUT2D eigenvalue weighted by Crippen LogP contribution is -2.24. The van der Waals surface area contributed by atoms with E-state index in [-0.39, 0.29) is 12.8 Å². The molecule has 0 saturated heterocycles. The zero-order chi connectivity index (χ0) is 11.3. The maximum atomic E-state index is 11.3. The second-order valence-corrected chi connectivity index (χ2v) is 3.15. The molecule has 4 nitrogen and oxygen atoms in total. The number of carboxylic acid groups (broad SMARTS) is 1. The molecule has 0 spiro atoms. The number of carboxylic acids is 1. The van der Waals surface area contributed by atoms with Gasteiger partial charge in [0.05, 0.1) is 0 Å². The number of carbonyl (C=O) groups is 2. The van der Waals surface area contributed by atoms with Crippen molar-refractivity contribution in [3.8, 4) is 0 Å². The summed E-state index contributed by atoms with van der Waals surface area (Å²) in [5.74, 6) is -1.80. The third-order valence-electron chi connectivity index (χ3n) is 2.00. The Morgan fingerprint density at radius 2 is 1.80 bits per heavy atom. The molecule has 1 rings (SSSR count). The molecule has 0 aliphatic rings. The van der Waals surface area contributed by atoms with E-state index in [0.29, 0.717) is 5.56 Å². The highest BCUT2D eigenvalue weighted by Gasteiger charge is 2.16. The standard InChI is InChI=1S/C11H12O4/c12-9(6-7-10(13)14)11(15)8-4-2-1-3-5-8/h1-5,11,15H,6-7H2,(H,13,14)/p-1/t11-/m1/s1. The molecule has 80 valence electrons. The van der Waals surface area contributed by atoms with Gasteiger partial charge in [0.1, 0.15) is 6.10 Å². The lowest BCUT2D eigenvalue weighted by molar-refractivity contribution is -0.305. The first kappa shape index (κ1) is 11.4. The number of rotatable bonds is 5. The van der Waals surface area contributed by atoms with Crippen LogP contribution in [0.15, 0.2) is 30.3 Å². The van der Waals surface area contributed by atoms with Gasteiger partial charge in [-0.2, -0.15) is 0 Å². The maximum absolute atomic E-state index is 11.3. The Hall–Kier alpha value is -1.68. The van der Waals surface area contributed by atoms with Crippen molar-refractivity contribution in [1.82, 2.24) is 0 Å². The van der Waals surface area contributed by atoms with E-state index in [1.165, 1.54) is 0 Å². The van der Waals surface area contributed by atoms with Gasteiger partial charge in [-0.05, 0) is 12.0 Å². The van der Waals surface area contributed by atoms with Crippen LogP contribution in [-0.2, 0) is 9.59 Å². The minimum Gasteiger partial charge on any atom is -0.550 e. The summed E-state index contributed by atoms with van der Waals surface area (Å²) in [6.07, 6.45) is -1.81. The van der Waals surface area contributed by atoms with E-state index >= 15 is 0 Å². The Kier molecular flexibility index (Phi) is 4.00. The molecule has 1 aromatic carbocycles. The molecular weight excluding hydrogens is 196 g/mol. The highest BCUT2D eigenvalue weighted by Crippen LogP contribution is 2.15. The van der Waals surface area contributed by atoms with Crippen molar-refractivity contribution in [2.45, 2.75) is 18.9 Å². The molecule has 0 fully saturated rings. The van der Waals surface area contributed by atoms with Crippen LogP contribution in [-0.4, -0.2) is 16.9 Å². The number of carbonyl (C=O) groups excluding carboxylic acids is 2. The van der Waals surface area contributed by atoms with E-state index in [1.807, 2.05) is 0 Å². The van der Waals surface area contributed by atoms with Crippen LogP contribution < -0.4 is 5.11 Å². The Morgan fingerprint density at radius 1 is 1.20 bits per heavy atom. The largest absolute Gasteiger partial charge is 0.550 e. The molecule has 0 heterocycles. The van der Waals surface area contributed by atoms with Crippen molar-refractivity contribution in [1.29, 1.82) is 0 Å². The van der Waals surface area contributed by atoms with Gasteiger partial charge in [-0.1, -0.05) is 30.3 Å². The first-order valence-corrected chi connectivity index (χ1v) is 4.57. The molecule has 0 aliphatic carbocycles. The van der Waals surface area contributed by atoms with Gasteiger partial charge in [-0.3, -0.25) is 4.79 Å². The summed E-state index contributed by atoms with van der Waals surface area (Å²) in [4.78, 5) is 21.4. The molecule has 15 heavy (non-hydrogen) atoms. The molecule has 0 amide bonds. The predicted octanol–water partition coefficient (Wildman–Crippen LogP) is -0.181. The quantitative estimate of drug-likeness (QED) is 0.726. The Balaban J connectivity index is 2.57. The summed E-state index contributed by atoms with van der Waals surface area (Å²) in [5.41, 5.74) is 0.473. The third kappa shape index (κ3) is 3.52. The topological polar surface area (TPSA) is 77.4 Å². The summed E-state index contributed by atoms with van der Waals surface area (Å²) >= 11 is 0. The van der Waals surface area contributed by atoms with Gasteiger partial charge < -0.3 is 15.0 Å². The Bertz CT molecular complexity index is 345. The van der Waals surface area contributed by atoms with Crippen molar-refractivity contribution in [3.63, 3.8) is 0 Å².